The zero-order chi connectivity index (χ0) is 11.4. The van der Waals surface area contributed by atoms with Gasteiger partial charge in [-0.3, -0.25) is 4.79 Å². The van der Waals surface area contributed by atoms with E-state index in [-0.39, 0.29) is 6.61 Å². The van der Waals surface area contributed by atoms with Crippen molar-refractivity contribution in [1.82, 2.24) is 0 Å². The normalized spacial score (nSPS) is 12.2. The molecule has 82 valence electrons. The van der Waals surface area contributed by atoms with Crippen LogP contribution in [0.4, 0.5) is 0 Å². The summed E-state index contributed by atoms with van der Waals surface area (Å²) >= 11 is 0. The standard InChI is InChI=1S/C11H15NO3/c1-7-3-4-10(9(5-7)6-13)15-8(2)11(12)14/h3-5,8,13H,6H2,1-2H3,(H2,12,14). The van der Waals surface area contributed by atoms with E-state index in [0.29, 0.717) is 11.3 Å². The molecule has 0 aliphatic rings. The molecule has 4 heteroatoms. The van der Waals surface area contributed by atoms with Gasteiger partial charge in [0.25, 0.3) is 5.91 Å². The van der Waals surface area contributed by atoms with Crippen LogP contribution in [0.2, 0.25) is 0 Å². The van der Waals surface area contributed by atoms with Crippen LogP contribution in [0, 0.1) is 6.92 Å². The highest BCUT2D eigenvalue weighted by Crippen LogP contribution is 2.21. The van der Waals surface area contributed by atoms with Gasteiger partial charge in [0.2, 0.25) is 0 Å². The van der Waals surface area contributed by atoms with Crippen molar-refractivity contribution in [1.29, 1.82) is 0 Å². The van der Waals surface area contributed by atoms with E-state index in [1.807, 2.05) is 19.1 Å². The Bertz CT molecular complexity index is 363. The summed E-state index contributed by atoms with van der Waals surface area (Å²) in [6, 6.07) is 5.38. The molecule has 1 amide bonds. The van der Waals surface area contributed by atoms with Gasteiger partial charge in [-0.15, -0.1) is 0 Å². The third kappa shape index (κ3) is 2.95. The van der Waals surface area contributed by atoms with E-state index in [4.69, 9.17) is 15.6 Å². The van der Waals surface area contributed by atoms with Crippen LogP contribution >= 0.6 is 0 Å². The van der Waals surface area contributed by atoms with Gasteiger partial charge >= 0.3 is 0 Å². The van der Waals surface area contributed by atoms with Crippen molar-refractivity contribution in [2.45, 2.75) is 26.6 Å². The summed E-state index contributed by atoms with van der Waals surface area (Å²) in [5, 5.41) is 9.10. The molecule has 1 aromatic carbocycles. The number of ether oxygens (including phenoxy) is 1. The van der Waals surface area contributed by atoms with Crippen molar-refractivity contribution in [2.75, 3.05) is 0 Å². The number of amides is 1. The van der Waals surface area contributed by atoms with E-state index in [9.17, 15) is 4.79 Å². The van der Waals surface area contributed by atoms with Crippen molar-refractivity contribution < 1.29 is 14.6 Å². The number of carbonyl (C=O) groups excluding carboxylic acids is 1. The molecular weight excluding hydrogens is 194 g/mol. The molecule has 0 heterocycles. The Morgan fingerprint density at radius 3 is 2.80 bits per heavy atom. The van der Waals surface area contributed by atoms with Gasteiger partial charge in [0.1, 0.15) is 5.75 Å². The Hall–Kier alpha value is -1.55. The minimum absolute atomic E-state index is 0.123. The molecule has 1 rings (SSSR count). The van der Waals surface area contributed by atoms with Crippen LogP contribution in [0.3, 0.4) is 0 Å². The molecular formula is C11H15NO3. The number of aliphatic hydroxyl groups excluding tert-OH is 1. The Balaban J connectivity index is 2.89. The van der Waals surface area contributed by atoms with Gasteiger partial charge in [0, 0.05) is 5.56 Å². The SMILES string of the molecule is Cc1ccc(OC(C)C(N)=O)c(CO)c1. The molecule has 0 aliphatic heterocycles. The summed E-state index contributed by atoms with van der Waals surface area (Å²) in [5.74, 6) is -0.0335. The zero-order valence-electron chi connectivity index (χ0n) is 8.86. The highest BCUT2D eigenvalue weighted by atomic mass is 16.5. The third-order valence-corrected chi connectivity index (χ3v) is 2.09. The first-order valence-corrected chi connectivity index (χ1v) is 4.71. The van der Waals surface area contributed by atoms with E-state index in [1.165, 1.54) is 0 Å². The van der Waals surface area contributed by atoms with Crippen LogP contribution < -0.4 is 10.5 Å². The highest BCUT2D eigenvalue weighted by molar-refractivity contribution is 5.78. The average molecular weight is 209 g/mol. The lowest BCUT2D eigenvalue weighted by Crippen LogP contribution is -2.30. The number of nitrogens with two attached hydrogens (primary N) is 1. The van der Waals surface area contributed by atoms with E-state index >= 15 is 0 Å². The molecule has 0 radical (unpaired) electrons. The van der Waals surface area contributed by atoms with Gasteiger partial charge < -0.3 is 15.6 Å². The molecule has 3 N–H and O–H groups in total. The molecule has 4 nitrogen and oxygen atoms in total. The summed E-state index contributed by atoms with van der Waals surface area (Å²) in [7, 11) is 0. The number of hydrogen-bond acceptors (Lipinski definition) is 3. The molecule has 1 aromatic rings. The van der Waals surface area contributed by atoms with Crippen molar-refractivity contribution >= 4 is 5.91 Å². The maximum absolute atomic E-state index is 10.8. The van der Waals surface area contributed by atoms with E-state index < -0.39 is 12.0 Å². The van der Waals surface area contributed by atoms with E-state index in [0.717, 1.165) is 5.56 Å². The van der Waals surface area contributed by atoms with Crippen LogP contribution in [-0.2, 0) is 11.4 Å². The number of rotatable bonds is 4. The topological polar surface area (TPSA) is 72.5 Å². The zero-order valence-corrected chi connectivity index (χ0v) is 8.86. The van der Waals surface area contributed by atoms with Crippen molar-refractivity contribution in [2.24, 2.45) is 5.73 Å². The average Bonchev–Trinajstić information content (AvgIpc) is 2.20. The second-order valence-electron chi connectivity index (χ2n) is 3.43. The van der Waals surface area contributed by atoms with E-state index in [2.05, 4.69) is 0 Å². The maximum Gasteiger partial charge on any atom is 0.258 e. The van der Waals surface area contributed by atoms with Gasteiger partial charge in [0.05, 0.1) is 6.61 Å². The number of hydrogen-bond donors (Lipinski definition) is 2. The quantitative estimate of drug-likeness (QED) is 0.768. The van der Waals surface area contributed by atoms with Crippen molar-refractivity contribution in [3.05, 3.63) is 29.3 Å². The fraction of sp³-hybridized carbons (Fsp3) is 0.364. The predicted molar refractivity (Wildman–Crippen MR) is 56.4 cm³/mol. The Morgan fingerprint density at radius 2 is 2.27 bits per heavy atom. The van der Waals surface area contributed by atoms with Gasteiger partial charge in [-0.25, -0.2) is 0 Å². The highest BCUT2D eigenvalue weighted by Gasteiger charge is 2.12. The van der Waals surface area contributed by atoms with Gasteiger partial charge in [-0.2, -0.15) is 0 Å². The molecule has 1 atom stereocenters. The Morgan fingerprint density at radius 1 is 1.60 bits per heavy atom. The minimum Gasteiger partial charge on any atom is -0.481 e. The smallest absolute Gasteiger partial charge is 0.258 e. The summed E-state index contributed by atoms with van der Waals surface area (Å²) in [4.78, 5) is 10.8. The first kappa shape index (κ1) is 11.5. The fourth-order valence-corrected chi connectivity index (χ4v) is 1.20. The number of benzene rings is 1. The number of primary amides is 1. The largest absolute Gasteiger partial charge is 0.481 e. The van der Waals surface area contributed by atoms with Crippen molar-refractivity contribution in [3.63, 3.8) is 0 Å². The van der Waals surface area contributed by atoms with Crippen LogP contribution in [0.1, 0.15) is 18.1 Å². The maximum atomic E-state index is 10.8. The molecule has 0 spiro atoms. The minimum atomic E-state index is -0.696. The summed E-state index contributed by atoms with van der Waals surface area (Å²) in [6.45, 7) is 3.37. The monoisotopic (exact) mass is 209 g/mol. The van der Waals surface area contributed by atoms with Gasteiger partial charge in [-0.1, -0.05) is 17.7 Å². The number of aryl methyl sites for hydroxylation is 1. The van der Waals surface area contributed by atoms with Crippen LogP contribution in [0.15, 0.2) is 18.2 Å². The van der Waals surface area contributed by atoms with Crippen LogP contribution in [-0.4, -0.2) is 17.1 Å². The third-order valence-electron chi connectivity index (χ3n) is 2.09. The molecule has 15 heavy (non-hydrogen) atoms. The van der Waals surface area contributed by atoms with Crippen LogP contribution in [0.5, 0.6) is 5.75 Å². The lowest BCUT2D eigenvalue weighted by Gasteiger charge is -2.14. The second-order valence-corrected chi connectivity index (χ2v) is 3.43. The molecule has 0 fully saturated rings. The molecule has 1 unspecified atom stereocenters. The first-order valence-electron chi connectivity index (χ1n) is 4.71. The van der Waals surface area contributed by atoms with E-state index in [1.54, 1.807) is 13.0 Å². The lowest BCUT2D eigenvalue weighted by atomic mass is 10.1. The molecule has 0 saturated carbocycles. The van der Waals surface area contributed by atoms with Crippen molar-refractivity contribution in [3.8, 4) is 5.75 Å². The lowest BCUT2D eigenvalue weighted by molar-refractivity contribution is -0.124. The van der Waals surface area contributed by atoms with Crippen LogP contribution in [0.25, 0.3) is 0 Å². The Labute approximate surface area is 88.7 Å². The summed E-state index contributed by atoms with van der Waals surface area (Å²) in [6.07, 6.45) is -0.696. The fourth-order valence-electron chi connectivity index (χ4n) is 1.20. The number of carbonyl (C=O) groups is 1. The second kappa shape index (κ2) is 4.79. The molecule has 0 bridgehead atoms. The molecule has 0 aliphatic carbocycles. The number of aliphatic hydroxyl groups is 1. The molecule has 0 aromatic heterocycles. The first-order chi connectivity index (χ1) is 7.04. The summed E-state index contributed by atoms with van der Waals surface area (Å²) in [5.41, 5.74) is 6.76. The van der Waals surface area contributed by atoms with Gasteiger partial charge in [0.15, 0.2) is 6.10 Å². The Kier molecular flexibility index (Phi) is 3.68. The molecule has 0 saturated heterocycles. The van der Waals surface area contributed by atoms with Gasteiger partial charge in [-0.05, 0) is 19.9 Å². The summed E-state index contributed by atoms with van der Waals surface area (Å²) < 4.78 is 5.32. The predicted octanol–water partition coefficient (Wildman–Crippen LogP) is 0.740.